The largest absolute Gasteiger partial charge is 1.00 e. The van der Waals surface area contributed by atoms with E-state index in [9.17, 15) is 0 Å². The molecule has 0 bridgehead atoms. The first-order chi connectivity index (χ1) is 13.6. The van der Waals surface area contributed by atoms with Gasteiger partial charge >= 0.3 is 19.8 Å². The fourth-order valence-electron chi connectivity index (χ4n) is 3.15. The van der Waals surface area contributed by atoms with Crippen molar-refractivity contribution in [1.82, 2.24) is 4.98 Å². The van der Waals surface area contributed by atoms with Crippen molar-refractivity contribution in [3.05, 3.63) is 91.1 Å². The molecule has 29 heavy (non-hydrogen) atoms. The van der Waals surface area contributed by atoms with E-state index < -0.39 is 0 Å². The maximum absolute atomic E-state index is 4.32. The molecular weight excluding hydrogens is 566 g/mol. The average Bonchev–Trinajstić information content (AvgIpc) is 2.74. The van der Waals surface area contributed by atoms with E-state index in [4.69, 9.17) is 0 Å². The zero-order valence-electron chi connectivity index (χ0n) is 17.4. The molecule has 149 valence electrons. The van der Waals surface area contributed by atoms with Crippen LogP contribution < -0.4 is 10.6 Å². The van der Waals surface area contributed by atoms with Gasteiger partial charge in [-0.15, -0.1) is 29.1 Å². The van der Waals surface area contributed by atoms with Crippen LogP contribution in [0.3, 0.4) is 0 Å². The van der Waals surface area contributed by atoms with E-state index in [1.165, 1.54) is 10.8 Å². The smallest absolute Gasteiger partial charge is 0.305 e. The van der Waals surface area contributed by atoms with Gasteiger partial charge in [-0.2, -0.15) is 0 Å². The van der Waals surface area contributed by atoms with Gasteiger partial charge in [0.05, 0.1) is 26.7 Å². The Morgan fingerprint density at radius 2 is 1.24 bits per heavy atom. The van der Waals surface area contributed by atoms with Crippen LogP contribution in [0.4, 0.5) is 0 Å². The Morgan fingerprint density at radius 3 is 1.79 bits per heavy atom. The van der Waals surface area contributed by atoms with Crippen molar-refractivity contribution >= 4 is 37.2 Å². The van der Waals surface area contributed by atoms with E-state index >= 15 is 0 Å². The molecule has 4 heteroatoms. The van der Waals surface area contributed by atoms with Gasteiger partial charge in [0.25, 0.3) is 0 Å². The summed E-state index contributed by atoms with van der Waals surface area (Å²) in [6.45, 7) is 9.48. The molecule has 4 aromatic rings. The van der Waals surface area contributed by atoms with Gasteiger partial charge < -0.3 is 4.98 Å². The standard InChI is InChI=1S/C15H10N.C10H16P2.Os/c1-2-6-13-11-14(9-8-12(13)5-1)15-7-3-4-10-16-15;1-11(2)9-7-5-6-8-10(9)12(3)4;/h1-8,10-11H;5-8H,1-4H3;/q-1;;+1/p+2. The third-order valence-electron chi connectivity index (χ3n) is 4.62. The molecule has 0 fully saturated rings. The minimum absolute atomic E-state index is 0. The Labute approximate surface area is 190 Å². The summed E-state index contributed by atoms with van der Waals surface area (Å²) in [5.41, 5.74) is 2.01. The summed E-state index contributed by atoms with van der Waals surface area (Å²) >= 11 is 0. The second-order valence-corrected chi connectivity index (χ2v) is 12.3. The number of nitrogens with zero attached hydrogens (tertiary/aromatic N) is 1. The van der Waals surface area contributed by atoms with Crippen LogP contribution in [0.15, 0.2) is 85.1 Å². The molecule has 0 N–H and O–H groups in total. The molecule has 0 aliphatic carbocycles. The summed E-state index contributed by atoms with van der Waals surface area (Å²) in [4.78, 5) is 4.32. The second-order valence-electron chi connectivity index (χ2n) is 7.24. The van der Waals surface area contributed by atoms with E-state index in [1.807, 2.05) is 36.4 Å². The molecular formula is C25H28NOsP2+2. The molecule has 1 aromatic heterocycles. The first kappa shape index (κ1) is 23.8. The van der Waals surface area contributed by atoms with Crippen molar-refractivity contribution in [3.8, 4) is 11.3 Å². The van der Waals surface area contributed by atoms with Crippen LogP contribution in [0, 0.1) is 6.07 Å². The van der Waals surface area contributed by atoms with Crippen molar-refractivity contribution in [1.29, 1.82) is 0 Å². The molecule has 0 aliphatic rings. The van der Waals surface area contributed by atoms with Gasteiger partial charge in [-0.3, -0.25) is 0 Å². The molecule has 0 aliphatic heterocycles. The fraction of sp³-hybridized carbons (Fsp3) is 0.160. The summed E-state index contributed by atoms with van der Waals surface area (Å²) in [7, 11) is -0.522. The van der Waals surface area contributed by atoms with E-state index in [1.54, 1.807) is 16.8 Å². The first-order valence-corrected chi connectivity index (χ1v) is 14.6. The quantitative estimate of drug-likeness (QED) is 0.223. The number of pyridine rings is 1. The predicted octanol–water partition coefficient (Wildman–Crippen LogP) is 5.58. The molecule has 1 nitrogen and oxygen atoms in total. The normalized spacial score (nSPS) is 10.4. The molecule has 0 atom stereocenters. The first-order valence-electron chi connectivity index (χ1n) is 9.58. The zero-order chi connectivity index (χ0) is 19.9. The third kappa shape index (κ3) is 6.53. The molecule has 1 radical (unpaired) electrons. The number of aromatic nitrogens is 1. The Bertz CT molecular complexity index is 1010. The van der Waals surface area contributed by atoms with Gasteiger partial charge in [-0.05, 0) is 23.9 Å². The Hall–Kier alpha value is -1.43. The van der Waals surface area contributed by atoms with Crippen molar-refractivity contribution in [2.24, 2.45) is 0 Å². The van der Waals surface area contributed by atoms with Crippen molar-refractivity contribution in [2.45, 2.75) is 0 Å². The van der Waals surface area contributed by atoms with Crippen molar-refractivity contribution in [3.63, 3.8) is 0 Å². The van der Waals surface area contributed by atoms with E-state index in [0.29, 0.717) is 0 Å². The number of benzene rings is 3. The molecule has 1 heterocycles. The number of fused-ring (bicyclic) bond motifs is 1. The summed E-state index contributed by atoms with van der Waals surface area (Å²) in [5, 5.41) is 5.71. The molecule has 3 aromatic carbocycles. The van der Waals surface area contributed by atoms with Crippen LogP contribution in [0.5, 0.6) is 0 Å². The van der Waals surface area contributed by atoms with Crippen LogP contribution in [0.1, 0.15) is 0 Å². The number of rotatable bonds is 3. The maximum Gasteiger partial charge on any atom is 1.00 e. The summed E-state index contributed by atoms with van der Waals surface area (Å²) in [6.07, 6.45) is 1.80. The van der Waals surface area contributed by atoms with Gasteiger partial charge in [-0.1, -0.05) is 53.9 Å². The molecule has 0 amide bonds. The van der Waals surface area contributed by atoms with Crippen LogP contribution >= 0.6 is 15.8 Å². The maximum atomic E-state index is 4.32. The van der Waals surface area contributed by atoms with Gasteiger partial charge in [0.1, 0.15) is 10.6 Å². The SMILES string of the molecule is C[PH+](C)c1ccccc1[PH+](C)C.[Os+].[c-]1cc2ccccc2cc1-c1ccccn1. The minimum Gasteiger partial charge on any atom is -0.305 e. The van der Waals surface area contributed by atoms with Crippen LogP contribution in [-0.2, 0) is 19.8 Å². The number of hydrogen-bond acceptors (Lipinski definition) is 1. The minimum atomic E-state index is -0.261. The average molecular weight is 595 g/mol. The zero-order valence-corrected chi connectivity index (χ0v) is 21.9. The van der Waals surface area contributed by atoms with Crippen LogP contribution in [0.25, 0.3) is 22.0 Å². The van der Waals surface area contributed by atoms with Crippen molar-refractivity contribution in [2.75, 3.05) is 26.7 Å². The Kier molecular flexibility index (Phi) is 9.60. The number of hydrogen-bond donors (Lipinski definition) is 0. The third-order valence-corrected chi connectivity index (χ3v) is 7.90. The van der Waals surface area contributed by atoms with Gasteiger partial charge in [-0.25, -0.2) is 0 Å². The molecule has 0 saturated heterocycles. The Balaban J connectivity index is 0.000000209. The molecule has 0 unspecified atom stereocenters. The predicted molar refractivity (Wildman–Crippen MR) is 132 cm³/mol. The summed E-state index contributed by atoms with van der Waals surface area (Å²) in [5.74, 6) is 0. The van der Waals surface area contributed by atoms with Crippen molar-refractivity contribution < 1.29 is 19.8 Å². The van der Waals surface area contributed by atoms with Crippen LogP contribution in [-0.4, -0.2) is 31.6 Å². The molecule has 4 rings (SSSR count). The topological polar surface area (TPSA) is 12.9 Å². The fourth-order valence-corrected chi connectivity index (χ4v) is 6.75. The Morgan fingerprint density at radius 1 is 0.690 bits per heavy atom. The van der Waals surface area contributed by atoms with E-state index in [0.717, 1.165) is 11.3 Å². The summed E-state index contributed by atoms with van der Waals surface area (Å²) < 4.78 is 0. The molecule has 0 spiro atoms. The second kappa shape index (κ2) is 11.7. The molecule has 0 saturated carbocycles. The van der Waals surface area contributed by atoms with E-state index in [-0.39, 0.29) is 35.6 Å². The summed E-state index contributed by atoms with van der Waals surface area (Å²) in [6, 6.07) is 30.5. The van der Waals surface area contributed by atoms with Crippen LogP contribution in [0.2, 0.25) is 0 Å². The van der Waals surface area contributed by atoms with Gasteiger partial charge in [0.15, 0.2) is 0 Å². The van der Waals surface area contributed by atoms with Gasteiger partial charge in [0, 0.05) is 22.0 Å². The van der Waals surface area contributed by atoms with E-state index in [2.05, 4.69) is 80.2 Å². The monoisotopic (exact) mass is 596 g/mol. The van der Waals surface area contributed by atoms with Gasteiger partial charge in [0.2, 0.25) is 0 Å².